The first kappa shape index (κ1) is 14.3. The third-order valence-electron chi connectivity index (χ3n) is 3.95. The quantitative estimate of drug-likeness (QED) is 0.827. The highest BCUT2D eigenvalue weighted by atomic mass is 16.4. The molecule has 1 fully saturated rings. The van der Waals surface area contributed by atoms with E-state index in [1.165, 1.54) is 32.1 Å². The van der Waals surface area contributed by atoms with Gasteiger partial charge in [-0.3, -0.25) is 0 Å². The molecule has 1 aromatic heterocycles. The van der Waals surface area contributed by atoms with Gasteiger partial charge in [-0.05, 0) is 37.5 Å². The molecule has 0 aromatic carbocycles. The molecule has 19 heavy (non-hydrogen) atoms. The van der Waals surface area contributed by atoms with E-state index in [9.17, 15) is 0 Å². The summed E-state index contributed by atoms with van der Waals surface area (Å²) in [5.74, 6) is 1.22. The normalized spacial score (nSPS) is 19.8. The van der Waals surface area contributed by atoms with Crippen molar-refractivity contribution in [1.29, 1.82) is 0 Å². The minimum atomic E-state index is -0.209. The molecule has 5 heteroatoms. The number of nitrogens with zero attached hydrogens (tertiary/aromatic N) is 2. The lowest BCUT2D eigenvalue weighted by Crippen LogP contribution is -2.28. The topological polar surface area (TPSA) is 77.0 Å². The van der Waals surface area contributed by atoms with Gasteiger partial charge in [-0.15, -0.1) is 5.10 Å². The van der Waals surface area contributed by atoms with Crippen LogP contribution in [0.25, 0.3) is 0 Å². The summed E-state index contributed by atoms with van der Waals surface area (Å²) in [6, 6.07) is 0.293. The molecule has 108 valence electrons. The smallest absolute Gasteiger partial charge is 0.315 e. The third-order valence-corrected chi connectivity index (χ3v) is 3.95. The summed E-state index contributed by atoms with van der Waals surface area (Å²) in [6.07, 6.45) is 6.53. The molecule has 1 saturated carbocycles. The van der Waals surface area contributed by atoms with Crippen LogP contribution in [0.4, 0.5) is 6.01 Å². The number of anilines is 1. The summed E-state index contributed by atoms with van der Waals surface area (Å²) in [5, 5.41) is 11.3. The Morgan fingerprint density at radius 3 is 2.47 bits per heavy atom. The minimum Gasteiger partial charge on any atom is -0.406 e. The Bertz CT molecular complexity index is 394. The summed E-state index contributed by atoms with van der Waals surface area (Å²) >= 11 is 0. The molecule has 1 heterocycles. The molecule has 1 unspecified atom stereocenters. The molecule has 0 bridgehead atoms. The summed E-state index contributed by atoms with van der Waals surface area (Å²) in [4.78, 5) is 0. The molecule has 2 rings (SSSR count). The van der Waals surface area contributed by atoms with Gasteiger partial charge in [0.1, 0.15) is 0 Å². The summed E-state index contributed by atoms with van der Waals surface area (Å²) in [5.41, 5.74) is 6.11. The van der Waals surface area contributed by atoms with Gasteiger partial charge >= 0.3 is 6.01 Å². The zero-order valence-electron chi connectivity index (χ0n) is 12.3. The molecule has 3 N–H and O–H groups in total. The number of hydrogen-bond donors (Lipinski definition) is 2. The van der Waals surface area contributed by atoms with E-state index >= 15 is 0 Å². The first-order chi connectivity index (χ1) is 9.01. The second-order valence-corrected chi connectivity index (χ2v) is 6.39. The van der Waals surface area contributed by atoms with Crippen LogP contribution in [0.3, 0.4) is 0 Å². The van der Waals surface area contributed by atoms with Crippen molar-refractivity contribution in [2.45, 2.75) is 58.9 Å². The van der Waals surface area contributed by atoms with Crippen LogP contribution in [0.5, 0.6) is 0 Å². The lowest BCUT2D eigenvalue weighted by atomic mass is 9.78. The van der Waals surface area contributed by atoms with E-state index < -0.39 is 0 Å². The van der Waals surface area contributed by atoms with E-state index in [1.807, 2.05) is 6.92 Å². The largest absolute Gasteiger partial charge is 0.406 e. The Morgan fingerprint density at radius 2 is 1.95 bits per heavy atom. The van der Waals surface area contributed by atoms with Crippen LogP contribution in [0, 0.1) is 11.3 Å². The Kier molecular flexibility index (Phi) is 4.45. The van der Waals surface area contributed by atoms with Crippen molar-refractivity contribution in [2.75, 3.05) is 11.9 Å². The fourth-order valence-corrected chi connectivity index (χ4v) is 3.20. The van der Waals surface area contributed by atoms with E-state index in [0.29, 0.717) is 17.3 Å². The van der Waals surface area contributed by atoms with Gasteiger partial charge in [-0.1, -0.05) is 31.8 Å². The minimum absolute atomic E-state index is 0.209. The van der Waals surface area contributed by atoms with Crippen molar-refractivity contribution in [2.24, 2.45) is 17.1 Å². The second kappa shape index (κ2) is 5.90. The van der Waals surface area contributed by atoms with E-state index in [2.05, 4.69) is 29.4 Å². The predicted molar refractivity (Wildman–Crippen MR) is 75.7 cm³/mol. The van der Waals surface area contributed by atoms with Crippen LogP contribution in [-0.4, -0.2) is 16.7 Å². The van der Waals surface area contributed by atoms with Crippen LogP contribution < -0.4 is 11.1 Å². The van der Waals surface area contributed by atoms with Gasteiger partial charge in [0.15, 0.2) is 0 Å². The Labute approximate surface area is 115 Å². The molecule has 0 aliphatic heterocycles. The van der Waals surface area contributed by atoms with Crippen molar-refractivity contribution in [3.63, 3.8) is 0 Å². The Morgan fingerprint density at radius 1 is 1.26 bits per heavy atom. The molecule has 1 aromatic rings. The molecule has 0 radical (unpaired) electrons. The SMILES string of the molecule is CC(C)CC1(CNc2nnc(C(C)N)o2)CCCC1. The third kappa shape index (κ3) is 3.69. The van der Waals surface area contributed by atoms with E-state index in [4.69, 9.17) is 10.2 Å². The highest BCUT2D eigenvalue weighted by Gasteiger charge is 2.34. The number of nitrogens with two attached hydrogens (primary N) is 1. The van der Waals surface area contributed by atoms with Gasteiger partial charge in [0.25, 0.3) is 0 Å². The average Bonchev–Trinajstić information content (AvgIpc) is 2.94. The fourth-order valence-electron chi connectivity index (χ4n) is 3.20. The van der Waals surface area contributed by atoms with Crippen molar-refractivity contribution < 1.29 is 4.42 Å². The molecule has 0 spiro atoms. The zero-order chi connectivity index (χ0) is 13.9. The Balaban J connectivity index is 1.94. The van der Waals surface area contributed by atoms with Crippen molar-refractivity contribution in [3.8, 4) is 0 Å². The predicted octanol–water partition coefficient (Wildman–Crippen LogP) is 3.11. The molecule has 1 aliphatic carbocycles. The summed E-state index contributed by atoms with van der Waals surface area (Å²) < 4.78 is 5.50. The first-order valence-electron chi connectivity index (χ1n) is 7.34. The van der Waals surface area contributed by atoms with Crippen LogP contribution in [0.2, 0.25) is 0 Å². The molecule has 0 saturated heterocycles. The van der Waals surface area contributed by atoms with Gasteiger partial charge in [0, 0.05) is 6.54 Å². The van der Waals surface area contributed by atoms with E-state index in [-0.39, 0.29) is 6.04 Å². The van der Waals surface area contributed by atoms with Gasteiger partial charge in [-0.25, -0.2) is 0 Å². The van der Waals surface area contributed by atoms with E-state index in [1.54, 1.807) is 0 Å². The van der Waals surface area contributed by atoms with Crippen LogP contribution >= 0.6 is 0 Å². The summed E-state index contributed by atoms with van der Waals surface area (Å²) in [7, 11) is 0. The van der Waals surface area contributed by atoms with E-state index in [0.717, 1.165) is 12.5 Å². The number of rotatable bonds is 6. The molecule has 5 nitrogen and oxygen atoms in total. The van der Waals surface area contributed by atoms with Crippen molar-refractivity contribution in [1.82, 2.24) is 10.2 Å². The molecule has 1 atom stereocenters. The molecular weight excluding hydrogens is 240 g/mol. The Hall–Kier alpha value is -1.10. The van der Waals surface area contributed by atoms with Crippen LogP contribution in [-0.2, 0) is 0 Å². The maximum absolute atomic E-state index is 5.71. The highest BCUT2D eigenvalue weighted by Crippen LogP contribution is 2.43. The van der Waals surface area contributed by atoms with Crippen molar-refractivity contribution >= 4 is 6.01 Å². The van der Waals surface area contributed by atoms with Gasteiger partial charge in [-0.2, -0.15) is 0 Å². The first-order valence-corrected chi connectivity index (χ1v) is 7.34. The maximum Gasteiger partial charge on any atom is 0.315 e. The summed E-state index contributed by atoms with van der Waals surface area (Å²) in [6.45, 7) is 7.35. The maximum atomic E-state index is 5.71. The molecular formula is C14H26N4O. The van der Waals surface area contributed by atoms with Gasteiger partial charge in [0.05, 0.1) is 6.04 Å². The average molecular weight is 266 g/mol. The monoisotopic (exact) mass is 266 g/mol. The second-order valence-electron chi connectivity index (χ2n) is 6.39. The number of hydrogen-bond acceptors (Lipinski definition) is 5. The van der Waals surface area contributed by atoms with Crippen LogP contribution in [0.15, 0.2) is 4.42 Å². The number of nitrogens with one attached hydrogen (secondary N) is 1. The van der Waals surface area contributed by atoms with Crippen LogP contribution in [0.1, 0.15) is 64.8 Å². The zero-order valence-corrected chi connectivity index (χ0v) is 12.3. The molecule has 0 amide bonds. The fraction of sp³-hybridized carbons (Fsp3) is 0.857. The van der Waals surface area contributed by atoms with Gasteiger partial charge < -0.3 is 15.5 Å². The van der Waals surface area contributed by atoms with Crippen molar-refractivity contribution in [3.05, 3.63) is 5.89 Å². The highest BCUT2D eigenvalue weighted by molar-refractivity contribution is 5.18. The van der Waals surface area contributed by atoms with Gasteiger partial charge in [0.2, 0.25) is 5.89 Å². The number of aromatic nitrogens is 2. The standard InChI is InChI=1S/C14H26N4O/c1-10(2)8-14(6-4-5-7-14)9-16-13-18-17-12(19-13)11(3)15/h10-11H,4-9,15H2,1-3H3,(H,16,18). The molecule has 1 aliphatic rings. The lowest BCUT2D eigenvalue weighted by molar-refractivity contribution is 0.250. The lowest BCUT2D eigenvalue weighted by Gasteiger charge is -2.30.